The lowest BCUT2D eigenvalue weighted by molar-refractivity contribution is 0.210. The first-order valence-corrected chi connectivity index (χ1v) is 7.65. The van der Waals surface area contributed by atoms with Crippen LogP contribution in [0, 0.1) is 0 Å². The van der Waals surface area contributed by atoms with E-state index in [9.17, 15) is 0 Å². The monoisotopic (exact) mass is 323 g/mol. The molecule has 1 rings (SSSR count). The Bertz CT molecular complexity index is 408. The second kappa shape index (κ2) is 8.21. The van der Waals surface area contributed by atoms with Gasteiger partial charge in [-0.25, -0.2) is 0 Å². The van der Waals surface area contributed by atoms with Gasteiger partial charge in [-0.2, -0.15) is 0 Å². The van der Waals surface area contributed by atoms with Crippen molar-refractivity contribution in [2.24, 2.45) is 0 Å². The van der Waals surface area contributed by atoms with Crippen LogP contribution in [0.15, 0.2) is 12.1 Å². The molecule has 0 heterocycles. The van der Waals surface area contributed by atoms with Crippen molar-refractivity contribution in [3.63, 3.8) is 0 Å². The normalized spacial score (nSPS) is 12.8. The lowest BCUT2D eigenvalue weighted by atomic mass is 10.1. The molecule has 0 aliphatic carbocycles. The molecule has 0 aliphatic rings. The van der Waals surface area contributed by atoms with Gasteiger partial charge in [-0.3, -0.25) is 0 Å². The van der Waals surface area contributed by atoms with Crippen LogP contribution < -0.4 is 10.1 Å². The highest BCUT2D eigenvalue weighted by Gasteiger charge is 2.12. The Hall–Kier alpha value is -0.150. The summed E-state index contributed by atoms with van der Waals surface area (Å²) in [6.45, 7) is 7.10. The first kappa shape index (κ1) is 16.9. The van der Waals surface area contributed by atoms with Gasteiger partial charge < -0.3 is 10.1 Å². The molecule has 0 saturated heterocycles. The van der Waals surface area contributed by atoms with Crippen molar-refractivity contribution < 1.29 is 4.74 Å². The molecule has 2 nitrogen and oxygen atoms in total. The lowest BCUT2D eigenvalue weighted by Crippen LogP contribution is -2.36. The van der Waals surface area contributed by atoms with Crippen LogP contribution in [0.1, 0.15) is 33.6 Å². The van der Waals surface area contributed by atoms with Crippen LogP contribution in [0.2, 0.25) is 15.1 Å². The Balaban J connectivity index is 2.57. The molecule has 0 amide bonds. The van der Waals surface area contributed by atoms with E-state index < -0.39 is 0 Å². The van der Waals surface area contributed by atoms with Gasteiger partial charge >= 0.3 is 0 Å². The van der Waals surface area contributed by atoms with Gasteiger partial charge in [0.1, 0.15) is 11.9 Å². The van der Waals surface area contributed by atoms with E-state index in [0.717, 1.165) is 19.4 Å². The summed E-state index contributed by atoms with van der Waals surface area (Å²) in [7, 11) is 0. The molecule has 108 valence electrons. The number of nitrogens with one attached hydrogen (secondary N) is 1. The second-order valence-corrected chi connectivity index (χ2v) is 5.77. The van der Waals surface area contributed by atoms with Crippen molar-refractivity contribution in [1.82, 2.24) is 5.32 Å². The Morgan fingerprint density at radius 2 is 1.63 bits per heavy atom. The number of hydrogen-bond acceptors (Lipinski definition) is 2. The van der Waals surface area contributed by atoms with Gasteiger partial charge in [0.15, 0.2) is 0 Å². The summed E-state index contributed by atoms with van der Waals surface area (Å²) in [6.07, 6.45) is 2.23. The summed E-state index contributed by atoms with van der Waals surface area (Å²) < 4.78 is 5.78. The summed E-state index contributed by atoms with van der Waals surface area (Å²) >= 11 is 17.9. The summed E-state index contributed by atoms with van der Waals surface area (Å²) in [5, 5.41) is 4.81. The summed E-state index contributed by atoms with van der Waals surface area (Å²) in [5.41, 5.74) is 0. The predicted octanol–water partition coefficient (Wildman–Crippen LogP) is 5.19. The van der Waals surface area contributed by atoms with E-state index >= 15 is 0 Å². The molecule has 1 aromatic carbocycles. The first-order valence-electron chi connectivity index (χ1n) is 6.52. The van der Waals surface area contributed by atoms with E-state index in [1.807, 2.05) is 6.92 Å². The smallest absolute Gasteiger partial charge is 0.139 e. The average molecular weight is 325 g/mol. The van der Waals surface area contributed by atoms with Gasteiger partial charge in [-0.05, 0) is 25.8 Å². The largest absolute Gasteiger partial charge is 0.488 e. The van der Waals surface area contributed by atoms with Crippen molar-refractivity contribution in [3.05, 3.63) is 27.2 Å². The predicted molar refractivity (Wildman–Crippen MR) is 83.9 cm³/mol. The van der Waals surface area contributed by atoms with E-state index in [1.54, 1.807) is 12.1 Å². The van der Waals surface area contributed by atoms with Crippen molar-refractivity contribution in [3.8, 4) is 5.75 Å². The molecule has 19 heavy (non-hydrogen) atoms. The molecule has 0 bridgehead atoms. The van der Waals surface area contributed by atoms with Crippen molar-refractivity contribution in [1.29, 1.82) is 0 Å². The van der Waals surface area contributed by atoms with Crippen LogP contribution in [0.3, 0.4) is 0 Å². The highest BCUT2D eigenvalue weighted by atomic mass is 35.5. The second-order valence-electron chi connectivity index (χ2n) is 4.55. The highest BCUT2D eigenvalue weighted by molar-refractivity contribution is 6.43. The minimum absolute atomic E-state index is 0.00958. The minimum Gasteiger partial charge on any atom is -0.488 e. The first-order chi connectivity index (χ1) is 8.97. The van der Waals surface area contributed by atoms with Gasteiger partial charge in [-0.1, -0.05) is 48.7 Å². The minimum atomic E-state index is 0.00958. The average Bonchev–Trinajstić information content (AvgIpc) is 2.37. The summed E-state index contributed by atoms with van der Waals surface area (Å²) in [5.74, 6) is 0.565. The molecule has 1 unspecified atom stereocenters. The van der Waals surface area contributed by atoms with Crippen molar-refractivity contribution >= 4 is 34.8 Å². The van der Waals surface area contributed by atoms with Crippen molar-refractivity contribution in [2.75, 3.05) is 6.54 Å². The zero-order valence-corrected chi connectivity index (χ0v) is 13.7. The van der Waals surface area contributed by atoms with E-state index in [2.05, 4.69) is 19.2 Å². The Kier molecular flexibility index (Phi) is 7.30. The highest BCUT2D eigenvalue weighted by Crippen LogP contribution is 2.34. The van der Waals surface area contributed by atoms with Gasteiger partial charge in [-0.15, -0.1) is 0 Å². The third-order valence-corrected chi connectivity index (χ3v) is 4.00. The summed E-state index contributed by atoms with van der Waals surface area (Å²) in [4.78, 5) is 0. The zero-order valence-electron chi connectivity index (χ0n) is 11.5. The van der Waals surface area contributed by atoms with E-state index in [4.69, 9.17) is 39.5 Å². The molecule has 0 saturated carbocycles. The molecule has 0 aliphatic heterocycles. The number of halogens is 3. The Labute approximate surface area is 130 Å². The number of benzene rings is 1. The van der Waals surface area contributed by atoms with Crippen LogP contribution in [-0.2, 0) is 0 Å². The lowest BCUT2D eigenvalue weighted by Gasteiger charge is -2.20. The summed E-state index contributed by atoms with van der Waals surface area (Å²) in [6, 6.07) is 3.78. The van der Waals surface area contributed by atoms with Gasteiger partial charge in [0.05, 0.1) is 15.1 Å². The van der Waals surface area contributed by atoms with Crippen LogP contribution in [0.25, 0.3) is 0 Å². The third kappa shape index (κ3) is 5.39. The molecular formula is C14H20Cl3NO. The van der Waals surface area contributed by atoms with Gasteiger partial charge in [0, 0.05) is 18.7 Å². The Morgan fingerprint density at radius 1 is 1.05 bits per heavy atom. The number of hydrogen-bond donors (Lipinski definition) is 1. The fourth-order valence-corrected chi connectivity index (χ4v) is 2.34. The molecule has 0 aromatic heterocycles. The molecule has 5 heteroatoms. The molecule has 1 N–H and O–H groups in total. The van der Waals surface area contributed by atoms with E-state index in [-0.39, 0.29) is 6.10 Å². The van der Waals surface area contributed by atoms with Crippen LogP contribution in [-0.4, -0.2) is 18.7 Å². The Morgan fingerprint density at radius 3 is 2.21 bits per heavy atom. The topological polar surface area (TPSA) is 21.3 Å². The molecule has 0 fully saturated rings. The van der Waals surface area contributed by atoms with E-state index in [0.29, 0.717) is 26.9 Å². The molecule has 0 radical (unpaired) electrons. The molecule has 0 spiro atoms. The quantitative estimate of drug-likeness (QED) is 0.697. The number of ether oxygens (including phenoxy) is 1. The fraction of sp³-hybridized carbons (Fsp3) is 0.571. The van der Waals surface area contributed by atoms with E-state index in [1.165, 1.54) is 0 Å². The number of rotatable bonds is 7. The standard InChI is InChI=1S/C14H20Cl3NO/c1-4-10(5-2)18-8-9(3)19-14-7-12(16)11(15)6-13(14)17/h6-7,9-10,18H,4-5,8H2,1-3H3. The zero-order chi connectivity index (χ0) is 14.4. The van der Waals surface area contributed by atoms with Crippen molar-refractivity contribution in [2.45, 2.75) is 45.8 Å². The van der Waals surface area contributed by atoms with Crippen LogP contribution >= 0.6 is 34.8 Å². The fourth-order valence-electron chi connectivity index (χ4n) is 1.76. The molecular weight excluding hydrogens is 305 g/mol. The van der Waals surface area contributed by atoms with Gasteiger partial charge in [0.2, 0.25) is 0 Å². The maximum Gasteiger partial charge on any atom is 0.139 e. The maximum atomic E-state index is 6.07. The third-order valence-electron chi connectivity index (χ3n) is 2.98. The van der Waals surface area contributed by atoms with Crippen LogP contribution in [0.4, 0.5) is 0 Å². The maximum absolute atomic E-state index is 6.07. The molecule has 1 aromatic rings. The van der Waals surface area contributed by atoms with Gasteiger partial charge in [0.25, 0.3) is 0 Å². The molecule has 1 atom stereocenters. The SMILES string of the molecule is CCC(CC)NCC(C)Oc1cc(Cl)c(Cl)cc1Cl. The van der Waals surface area contributed by atoms with Crippen LogP contribution in [0.5, 0.6) is 5.75 Å².